The van der Waals surface area contributed by atoms with Crippen LogP contribution in [0.3, 0.4) is 0 Å². The number of ketones is 1. The Kier molecular flexibility index (Phi) is 4.43. The zero-order valence-corrected chi connectivity index (χ0v) is 13.2. The predicted molar refractivity (Wildman–Crippen MR) is 88.3 cm³/mol. The van der Waals surface area contributed by atoms with Gasteiger partial charge in [0.25, 0.3) is 11.8 Å². The number of hydrogen-bond acceptors (Lipinski definition) is 4. The summed E-state index contributed by atoms with van der Waals surface area (Å²) < 4.78 is 0. The summed E-state index contributed by atoms with van der Waals surface area (Å²) in [5, 5.41) is 9.12. The third kappa shape index (κ3) is 3.19. The molecule has 2 aromatic rings. The average molecular weight is 337 g/mol. The van der Waals surface area contributed by atoms with E-state index in [1.54, 1.807) is 54.6 Å². The Morgan fingerprint density at radius 2 is 1.40 bits per heavy atom. The Morgan fingerprint density at radius 3 is 1.92 bits per heavy atom. The van der Waals surface area contributed by atoms with Crippen LogP contribution in [0.25, 0.3) is 0 Å². The molecule has 1 N–H and O–H groups in total. The van der Waals surface area contributed by atoms with Gasteiger partial charge in [0.05, 0.1) is 23.5 Å². The fraction of sp³-hybridized carbons (Fsp3) is 0.158. The van der Waals surface area contributed by atoms with Crippen LogP contribution in [0.4, 0.5) is 0 Å². The molecule has 0 aromatic heterocycles. The molecule has 25 heavy (non-hydrogen) atoms. The number of hydrogen-bond donors (Lipinski definition) is 1. The van der Waals surface area contributed by atoms with Crippen LogP contribution < -0.4 is 0 Å². The average Bonchev–Trinajstić information content (AvgIpc) is 2.86. The molecular weight excluding hydrogens is 322 g/mol. The van der Waals surface area contributed by atoms with Crippen molar-refractivity contribution in [2.24, 2.45) is 5.92 Å². The second kappa shape index (κ2) is 6.68. The van der Waals surface area contributed by atoms with E-state index < -0.39 is 35.9 Å². The van der Waals surface area contributed by atoms with E-state index in [4.69, 9.17) is 5.11 Å². The summed E-state index contributed by atoms with van der Waals surface area (Å²) in [4.78, 5) is 49.6. The van der Waals surface area contributed by atoms with Crippen LogP contribution in [-0.2, 0) is 4.79 Å². The van der Waals surface area contributed by atoms with Crippen LogP contribution in [0.2, 0.25) is 0 Å². The van der Waals surface area contributed by atoms with Gasteiger partial charge in [0.2, 0.25) is 0 Å². The van der Waals surface area contributed by atoms with Gasteiger partial charge in [0.1, 0.15) is 0 Å². The summed E-state index contributed by atoms with van der Waals surface area (Å²) in [6.45, 7) is -0.258. The number of imide groups is 1. The van der Waals surface area contributed by atoms with Crippen molar-refractivity contribution < 1.29 is 24.3 Å². The molecule has 3 rings (SSSR count). The highest BCUT2D eigenvalue weighted by Gasteiger charge is 2.38. The highest BCUT2D eigenvalue weighted by atomic mass is 16.4. The van der Waals surface area contributed by atoms with Crippen molar-refractivity contribution in [1.82, 2.24) is 4.90 Å². The van der Waals surface area contributed by atoms with Gasteiger partial charge in [-0.3, -0.25) is 24.1 Å². The largest absolute Gasteiger partial charge is 0.481 e. The van der Waals surface area contributed by atoms with E-state index in [2.05, 4.69) is 0 Å². The molecule has 0 saturated heterocycles. The number of amides is 2. The maximum atomic E-state index is 12.6. The number of aliphatic carboxylic acids is 1. The quantitative estimate of drug-likeness (QED) is 0.645. The van der Waals surface area contributed by atoms with Crippen LogP contribution in [-0.4, -0.2) is 40.1 Å². The van der Waals surface area contributed by atoms with Crippen molar-refractivity contribution >= 4 is 23.6 Å². The van der Waals surface area contributed by atoms with Crippen LogP contribution >= 0.6 is 0 Å². The minimum Gasteiger partial charge on any atom is -0.481 e. The molecule has 0 bridgehead atoms. The van der Waals surface area contributed by atoms with Crippen LogP contribution in [0, 0.1) is 5.92 Å². The maximum Gasteiger partial charge on any atom is 0.304 e. The molecule has 0 spiro atoms. The number of rotatable bonds is 6. The van der Waals surface area contributed by atoms with Gasteiger partial charge >= 0.3 is 5.97 Å². The molecule has 6 heteroatoms. The summed E-state index contributed by atoms with van der Waals surface area (Å²) in [6, 6.07) is 14.6. The summed E-state index contributed by atoms with van der Waals surface area (Å²) >= 11 is 0. The van der Waals surface area contributed by atoms with E-state index in [1.807, 2.05) is 0 Å². The smallest absolute Gasteiger partial charge is 0.304 e. The molecule has 0 radical (unpaired) electrons. The first-order valence-corrected chi connectivity index (χ1v) is 7.75. The van der Waals surface area contributed by atoms with Crippen LogP contribution in [0.15, 0.2) is 54.6 Å². The second-order valence-electron chi connectivity index (χ2n) is 5.79. The van der Waals surface area contributed by atoms with Crippen LogP contribution in [0.5, 0.6) is 0 Å². The lowest BCUT2D eigenvalue weighted by Crippen LogP contribution is -2.38. The number of carboxylic acids is 1. The highest BCUT2D eigenvalue weighted by molar-refractivity contribution is 6.21. The summed E-state index contributed by atoms with van der Waals surface area (Å²) in [7, 11) is 0. The Labute approximate surface area is 143 Å². The maximum absolute atomic E-state index is 12.6. The number of benzene rings is 2. The fourth-order valence-corrected chi connectivity index (χ4v) is 2.91. The molecule has 1 unspecified atom stereocenters. The van der Waals surface area contributed by atoms with Gasteiger partial charge in [-0.2, -0.15) is 0 Å². The lowest BCUT2D eigenvalue weighted by Gasteiger charge is -2.20. The second-order valence-corrected chi connectivity index (χ2v) is 5.79. The first-order valence-electron chi connectivity index (χ1n) is 7.75. The Balaban J connectivity index is 1.87. The zero-order chi connectivity index (χ0) is 18.0. The molecule has 2 aromatic carbocycles. The van der Waals surface area contributed by atoms with Gasteiger partial charge in [0.15, 0.2) is 5.78 Å². The number of carbonyl (C=O) groups excluding carboxylic acids is 3. The topological polar surface area (TPSA) is 91.8 Å². The predicted octanol–water partition coefficient (Wildman–Crippen LogP) is 2.26. The Bertz CT molecular complexity index is 824. The van der Waals surface area contributed by atoms with Crippen molar-refractivity contribution in [2.75, 3.05) is 6.54 Å². The van der Waals surface area contributed by atoms with Gasteiger partial charge in [-0.05, 0) is 12.1 Å². The number of fused-ring (bicyclic) bond motifs is 1. The van der Waals surface area contributed by atoms with Crippen LogP contribution in [0.1, 0.15) is 37.5 Å². The molecule has 0 aliphatic carbocycles. The monoisotopic (exact) mass is 337 g/mol. The van der Waals surface area contributed by atoms with E-state index in [1.165, 1.54) is 0 Å². The Morgan fingerprint density at radius 1 is 0.880 bits per heavy atom. The molecule has 0 saturated carbocycles. The lowest BCUT2D eigenvalue weighted by molar-refractivity contribution is -0.137. The van der Waals surface area contributed by atoms with Crippen molar-refractivity contribution in [1.29, 1.82) is 0 Å². The summed E-state index contributed by atoms with van der Waals surface area (Å²) in [5.41, 5.74) is 0.896. The van der Waals surface area contributed by atoms with Crippen molar-refractivity contribution in [3.8, 4) is 0 Å². The van der Waals surface area contributed by atoms with E-state index in [-0.39, 0.29) is 17.7 Å². The van der Waals surface area contributed by atoms with Gasteiger partial charge in [-0.15, -0.1) is 0 Å². The molecular formula is C19H15NO5. The van der Waals surface area contributed by atoms with E-state index in [0.29, 0.717) is 5.56 Å². The molecule has 6 nitrogen and oxygen atoms in total. The SMILES string of the molecule is O=C(O)CC(CN1C(=O)c2ccccc2C1=O)C(=O)c1ccccc1. The minimum absolute atomic E-state index is 0.258. The fourth-order valence-electron chi connectivity index (χ4n) is 2.91. The minimum atomic E-state index is -1.16. The summed E-state index contributed by atoms with van der Waals surface area (Å²) in [5.74, 6) is -3.57. The van der Waals surface area contributed by atoms with E-state index in [9.17, 15) is 19.2 Å². The number of carbonyl (C=O) groups is 4. The van der Waals surface area contributed by atoms with Gasteiger partial charge in [-0.1, -0.05) is 42.5 Å². The molecule has 0 fully saturated rings. The molecule has 1 atom stereocenters. The van der Waals surface area contributed by atoms with E-state index >= 15 is 0 Å². The zero-order valence-electron chi connectivity index (χ0n) is 13.2. The molecule has 1 aliphatic heterocycles. The summed E-state index contributed by atoms with van der Waals surface area (Å²) in [6.07, 6.45) is -0.457. The number of nitrogens with zero attached hydrogens (tertiary/aromatic N) is 1. The van der Waals surface area contributed by atoms with E-state index in [0.717, 1.165) is 4.90 Å². The van der Waals surface area contributed by atoms with Crippen molar-refractivity contribution in [3.63, 3.8) is 0 Å². The Hall–Kier alpha value is -3.28. The molecule has 1 heterocycles. The normalized spacial score (nSPS) is 14.3. The number of Topliss-reactive ketones (excluding diaryl/α,β-unsaturated/α-hetero) is 1. The first-order chi connectivity index (χ1) is 12.0. The van der Waals surface area contributed by atoms with Crippen molar-refractivity contribution in [2.45, 2.75) is 6.42 Å². The first kappa shape index (κ1) is 16.6. The molecule has 1 aliphatic rings. The van der Waals surface area contributed by atoms with Gasteiger partial charge < -0.3 is 5.11 Å². The molecule has 2 amide bonds. The number of carboxylic acid groups (broad SMARTS) is 1. The highest BCUT2D eigenvalue weighted by Crippen LogP contribution is 2.25. The van der Waals surface area contributed by atoms with Gasteiger partial charge in [0, 0.05) is 12.1 Å². The van der Waals surface area contributed by atoms with Gasteiger partial charge in [-0.25, -0.2) is 0 Å². The standard InChI is InChI=1S/C19H15NO5/c21-16(22)10-13(17(23)12-6-2-1-3-7-12)11-20-18(24)14-8-4-5-9-15(14)19(20)25/h1-9,13H,10-11H2,(H,21,22). The lowest BCUT2D eigenvalue weighted by atomic mass is 9.94. The molecule has 126 valence electrons. The van der Waals surface area contributed by atoms with Crippen molar-refractivity contribution in [3.05, 3.63) is 71.3 Å². The third-order valence-corrected chi connectivity index (χ3v) is 4.13. The third-order valence-electron chi connectivity index (χ3n) is 4.13.